The molecular formula is C13H12N2O2. The van der Waals surface area contributed by atoms with Crippen LogP contribution in [0.1, 0.15) is 28.2 Å². The van der Waals surface area contributed by atoms with E-state index in [1.165, 1.54) is 0 Å². The Morgan fingerprint density at radius 2 is 2.12 bits per heavy atom. The maximum absolute atomic E-state index is 11.0. The van der Waals surface area contributed by atoms with Gasteiger partial charge < -0.3 is 5.11 Å². The lowest BCUT2D eigenvalue weighted by Crippen LogP contribution is -2.01. The number of para-hydroxylation sites is 2. The summed E-state index contributed by atoms with van der Waals surface area (Å²) < 4.78 is 1.70. The Morgan fingerprint density at radius 3 is 2.88 bits per heavy atom. The van der Waals surface area contributed by atoms with Crippen molar-refractivity contribution in [3.8, 4) is 11.4 Å². The molecular weight excluding hydrogens is 216 g/mol. The number of hydrogen-bond donors (Lipinski definition) is 1. The molecule has 1 aliphatic rings. The lowest BCUT2D eigenvalue weighted by Gasteiger charge is -2.06. The van der Waals surface area contributed by atoms with Crippen molar-refractivity contribution in [3.05, 3.63) is 41.2 Å². The molecule has 0 spiro atoms. The third-order valence-corrected chi connectivity index (χ3v) is 3.18. The van der Waals surface area contributed by atoms with Gasteiger partial charge in [-0.3, -0.25) is 4.79 Å². The third kappa shape index (κ3) is 1.45. The Morgan fingerprint density at radius 1 is 1.29 bits per heavy atom. The number of hydrogen-bond acceptors (Lipinski definition) is 3. The summed E-state index contributed by atoms with van der Waals surface area (Å²) in [4.78, 5) is 11.0. The standard InChI is InChI=1S/C13H12N2O2/c16-8-10-9-4-3-6-11(9)15(14-10)12-5-1-2-7-13(12)17/h1-2,5,7-8,17H,3-4,6H2. The van der Waals surface area contributed by atoms with Crippen LogP contribution in [0.3, 0.4) is 0 Å². The maximum atomic E-state index is 11.0. The van der Waals surface area contributed by atoms with Gasteiger partial charge in [0.15, 0.2) is 6.29 Å². The van der Waals surface area contributed by atoms with Crippen LogP contribution >= 0.6 is 0 Å². The second-order valence-corrected chi connectivity index (χ2v) is 4.18. The van der Waals surface area contributed by atoms with Crippen LogP contribution in [0.2, 0.25) is 0 Å². The molecule has 86 valence electrons. The molecule has 0 saturated heterocycles. The van der Waals surface area contributed by atoms with E-state index in [2.05, 4.69) is 5.10 Å². The first kappa shape index (κ1) is 10.1. The highest BCUT2D eigenvalue weighted by Gasteiger charge is 2.23. The van der Waals surface area contributed by atoms with E-state index in [0.717, 1.165) is 36.8 Å². The van der Waals surface area contributed by atoms with E-state index in [9.17, 15) is 9.90 Å². The van der Waals surface area contributed by atoms with E-state index >= 15 is 0 Å². The summed E-state index contributed by atoms with van der Waals surface area (Å²) in [5.74, 6) is 0.183. The van der Waals surface area contributed by atoms with E-state index in [0.29, 0.717) is 11.4 Å². The van der Waals surface area contributed by atoms with Crippen LogP contribution in [0.5, 0.6) is 5.75 Å². The van der Waals surface area contributed by atoms with Crippen molar-refractivity contribution in [2.24, 2.45) is 0 Å². The molecule has 17 heavy (non-hydrogen) atoms. The molecule has 1 aromatic carbocycles. The van der Waals surface area contributed by atoms with Gasteiger partial charge in [0.1, 0.15) is 17.1 Å². The highest BCUT2D eigenvalue weighted by molar-refractivity contribution is 5.75. The zero-order valence-electron chi connectivity index (χ0n) is 9.26. The van der Waals surface area contributed by atoms with Crippen LogP contribution < -0.4 is 0 Å². The largest absolute Gasteiger partial charge is 0.506 e. The molecule has 0 aliphatic heterocycles. The number of benzene rings is 1. The van der Waals surface area contributed by atoms with Crippen LogP contribution in [0.15, 0.2) is 24.3 Å². The van der Waals surface area contributed by atoms with Gasteiger partial charge in [-0.05, 0) is 31.4 Å². The molecule has 3 rings (SSSR count). The number of phenols is 1. The average Bonchev–Trinajstić information content (AvgIpc) is 2.91. The van der Waals surface area contributed by atoms with Gasteiger partial charge in [-0.2, -0.15) is 5.10 Å². The molecule has 0 fully saturated rings. The predicted octanol–water partition coefficient (Wildman–Crippen LogP) is 1.88. The van der Waals surface area contributed by atoms with E-state index in [-0.39, 0.29) is 5.75 Å². The zero-order chi connectivity index (χ0) is 11.8. The smallest absolute Gasteiger partial charge is 0.170 e. The summed E-state index contributed by atoms with van der Waals surface area (Å²) in [5.41, 5.74) is 3.22. The second kappa shape index (κ2) is 3.73. The Bertz CT molecular complexity index is 587. The minimum Gasteiger partial charge on any atom is -0.506 e. The first-order valence-corrected chi connectivity index (χ1v) is 5.65. The minimum atomic E-state index is 0.183. The van der Waals surface area contributed by atoms with E-state index in [4.69, 9.17) is 0 Å². The van der Waals surface area contributed by atoms with Crippen LogP contribution in [0.4, 0.5) is 0 Å². The number of fused-ring (bicyclic) bond motifs is 1. The molecule has 4 nitrogen and oxygen atoms in total. The van der Waals surface area contributed by atoms with E-state index in [1.807, 2.05) is 6.07 Å². The molecule has 0 atom stereocenters. The van der Waals surface area contributed by atoms with Gasteiger partial charge in [-0.1, -0.05) is 12.1 Å². The fourth-order valence-electron chi connectivity index (χ4n) is 2.40. The number of rotatable bonds is 2. The number of aromatic nitrogens is 2. The topological polar surface area (TPSA) is 55.1 Å². The first-order valence-electron chi connectivity index (χ1n) is 5.65. The molecule has 2 aromatic rings. The first-order chi connectivity index (χ1) is 8.31. The van der Waals surface area contributed by atoms with Crippen LogP contribution in [0, 0.1) is 0 Å². The van der Waals surface area contributed by atoms with Gasteiger partial charge in [-0.25, -0.2) is 4.68 Å². The fourth-order valence-corrected chi connectivity index (χ4v) is 2.40. The number of carbonyl (C=O) groups excluding carboxylic acids is 1. The molecule has 1 N–H and O–H groups in total. The molecule has 1 aromatic heterocycles. The average molecular weight is 228 g/mol. The highest BCUT2D eigenvalue weighted by atomic mass is 16.3. The minimum absolute atomic E-state index is 0.183. The molecule has 0 bridgehead atoms. The van der Waals surface area contributed by atoms with Gasteiger partial charge in [0.25, 0.3) is 0 Å². The van der Waals surface area contributed by atoms with Crippen LogP contribution in [-0.4, -0.2) is 21.2 Å². The summed E-state index contributed by atoms with van der Waals surface area (Å²) in [5, 5.41) is 14.1. The molecule has 1 heterocycles. The highest BCUT2D eigenvalue weighted by Crippen LogP contribution is 2.29. The monoisotopic (exact) mass is 228 g/mol. The van der Waals surface area contributed by atoms with Crippen molar-refractivity contribution in [2.45, 2.75) is 19.3 Å². The van der Waals surface area contributed by atoms with Crippen molar-refractivity contribution >= 4 is 6.29 Å². The SMILES string of the molecule is O=Cc1nn(-c2ccccc2O)c2c1CCC2. The molecule has 0 amide bonds. The number of phenolic OH excluding ortho intramolecular Hbond substituents is 1. The summed E-state index contributed by atoms with van der Waals surface area (Å²) in [6.45, 7) is 0. The summed E-state index contributed by atoms with van der Waals surface area (Å²) in [7, 11) is 0. The van der Waals surface area contributed by atoms with Crippen molar-refractivity contribution < 1.29 is 9.90 Å². The van der Waals surface area contributed by atoms with Gasteiger partial charge in [0.05, 0.1) is 0 Å². The van der Waals surface area contributed by atoms with Crippen molar-refractivity contribution in [3.63, 3.8) is 0 Å². The normalized spacial score (nSPS) is 13.6. The zero-order valence-corrected chi connectivity index (χ0v) is 9.26. The maximum Gasteiger partial charge on any atom is 0.170 e. The van der Waals surface area contributed by atoms with Crippen molar-refractivity contribution in [2.75, 3.05) is 0 Å². The molecule has 1 aliphatic carbocycles. The second-order valence-electron chi connectivity index (χ2n) is 4.18. The summed E-state index contributed by atoms with van der Waals surface area (Å²) >= 11 is 0. The van der Waals surface area contributed by atoms with Crippen LogP contribution in [-0.2, 0) is 12.8 Å². The van der Waals surface area contributed by atoms with Crippen LogP contribution in [0.25, 0.3) is 5.69 Å². The van der Waals surface area contributed by atoms with Gasteiger partial charge in [-0.15, -0.1) is 0 Å². The lowest BCUT2D eigenvalue weighted by molar-refractivity contribution is 0.111. The Balaban J connectivity index is 2.22. The number of nitrogens with zero attached hydrogens (tertiary/aromatic N) is 2. The Hall–Kier alpha value is -2.10. The lowest BCUT2D eigenvalue weighted by atomic mass is 10.2. The van der Waals surface area contributed by atoms with E-state index in [1.54, 1.807) is 22.9 Å². The van der Waals surface area contributed by atoms with Crippen molar-refractivity contribution in [1.82, 2.24) is 9.78 Å². The van der Waals surface area contributed by atoms with E-state index < -0.39 is 0 Å². The van der Waals surface area contributed by atoms with Gasteiger partial charge >= 0.3 is 0 Å². The molecule has 4 heteroatoms. The molecule has 0 unspecified atom stereocenters. The summed E-state index contributed by atoms with van der Waals surface area (Å²) in [6.07, 6.45) is 3.64. The van der Waals surface area contributed by atoms with Crippen molar-refractivity contribution in [1.29, 1.82) is 0 Å². The predicted molar refractivity (Wildman–Crippen MR) is 62.6 cm³/mol. The fraction of sp³-hybridized carbons (Fsp3) is 0.231. The third-order valence-electron chi connectivity index (χ3n) is 3.18. The number of aromatic hydroxyl groups is 1. The molecule has 0 radical (unpaired) electrons. The quantitative estimate of drug-likeness (QED) is 0.798. The Kier molecular flexibility index (Phi) is 2.21. The summed E-state index contributed by atoms with van der Waals surface area (Å²) in [6, 6.07) is 7.04. The Labute approximate surface area is 98.5 Å². The van der Waals surface area contributed by atoms with Gasteiger partial charge in [0.2, 0.25) is 0 Å². The molecule has 0 saturated carbocycles. The van der Waals surface area contributed by atoms with Gasteiger partial charge in [0, 0.05) is 11.3 Å². The number of carbonyl (C=O) groups is 1. The number of aldehydes is 1.